The second-order valence-corrected chi connectivity index (χ2v) is 10.1. The number of hydrogen-bond donors (Lipinski definition) is 1. The molecule has 2 atom stereocenters. The summed E-state index contributed by atoms with van der Waals surface area (Å²) in [4.78, 5) is 23.3. The van der Waals surface area contributed by atoms with E-state index >= 15 is 0 Å². The summed E-state index contributed by atoms with van der Waals surface area (Å²) >= 11 is 0. The first kappa shape index (κ1) is 27.2. The van der Waals surface area contributed by atoms with Gasteiger partial charge in [-0.2, -0.15) is 0 Å². The van der Waals surface area contributed by atoms with Gasteiger partial charge in [-0.25, -0.2) is 9.97 Å². The summed E-state index contributed by atoms with van der Waals surface area (Å²) in [6.45, 7) is 2.21. The average molecular weight is 542 g/mol. The van der Waals surface area contributed by atoms with E-state index in [9.17, 15) is 4.79 Å². The molecule has 0 spiro atoms. The van der Waals surface area contributed by atoms with Crippen molar-refractivity contribution < 1.29 is 23.7 Å². The summed E-state index contributed by atoms with van der Waals surface area (Å²) in [5.74, 6) is 2.79. The minimum Gasteiger partial charge on any atom is -0.493 e. The highest BCUT2D eigenvalue weighted by Crippen LogP contribution is 2.39. The molecule has 4 aromatic rings. The van der Waals surface area contributed by atoms with E-state index in [2.05, 4.69) is 12.2 Å². The highest BCUT2D eigenvalue weighted by molar-refractivity contribution is 5.98. The van der Waals surface area contributed by atoms with Crippen LogP contribution in [0.1, 0.15) is 43.0 Å². The third-order valence-electron chi connectivity index (χ3n) is 7.67. The highest BCUT2D eigenvalue weighted by Gasteiger charge is 2.24. The van der Waals surface area contributed by atoms with Crippen LogP contribution in [-0.2, 0) is 0 Å². The topological polar surface area (TPSA) is 91.8 Å². The number of nitrogens with one attached hydrogen (secondary N) is 1. The molecule has 1 fully saturated rings. The number of amides is 1. The largest absolute Gasteiger partial charge is 0.493 e. The van der Waals surface area contributed by atoms with E-state index in [1.807, 2.05) is 54.6 Å². The van der Waals surface area contributed by atoms with Gasteiger partial charge in [-0.1, -0.05) is 19.8 Å². The third kappa shape index (κ3) is 5.39. The molecule has 1 aliphatic carbocycles. The zero-order valence-corrected chi connectivity index (χ0v) is 23.6. The van der Waals surface area contributed by atoms with E-state index in [0.29, 0.717) is 56.9 Å². The van der Waals surface area contributed by atoms with E-state index in [1.54, 1.807) is 28.4 Å². The van der Waals surface area contributed by atoms with Crippen LogP contribution in [0.2, 0.25) is 0 Å². The van der Waals surface area contributed by atoms with Crippen molar-refractivity contribution in [2.24, 2.45) is 5.92 Å². The molecule has 0 bridgehead atoms. The standard InChI is InChI=1S/C32H35N3O5/c1-19-8-6-7-9-23(19)35-32(36)22-10-13-24-25(16-22)34-31(21-12-15-27(38-3)29(18-21)40-5)30(33-24)20-11-14-26(37-2)28(17-20)39-4/h10-19,23H,6-9H2,1-5H3,(H,35,36)/t19-,23+/m1/s1. The van der Waals surface area contributed by atoms with Crippen LogP contribution in [-0.4, -0.2) is 50.4 Å². The summed E-state index contributed by atoms with van der Waals surface area (Å²) < 4.78 is 22.0. The van der Waals surface area contributed by atoms with Gasteiger partial charge < -0.3 is 24.3 Å². The maximum absolute atomic E-state index is 13.2. The van der Waals surface area contributed by atoms with Gasteiger partial charge in [0.2, 0.25) is 0 Å². The normalized spacial score (nSPS) is 16.8. The molecule has 0 saturated heterocycles. The average Bonchev–Trinajstić information content (AvgIpc) is 3.00. The van der Waals surface area contributed by atoms with Crippen LogP contribution in [0.3, 0.4) is 0 Å². The molecular formula is C32H35N3O5. The maximum atomic E-state index is 13.2. The Kier molecular flexibility index (Phi) is 8.05. The fraction of sp³-hybridized carbons (Fsp3) is 0.344. The molecule has 1 heterocycles. The lowest BCUT2D eigenvalue weighted by molar-refractivity contribution is 0.0910. The first-order valence-electron chi connectivity index (χ1n) is 13.5. The zero-order chi connectivity index (χ0) is 28.2. The minimum absolute atomic E-state index is 0.0842. The van der Waals surface area contributed by atoms with Crippen LogP contribution >= 0.6 is 0 Å². The Morgan fingerprint density at radius 1 is 0.700 bits per heavy atom. The molecule has 0 radical (unpaired) electrons. The summed E-state index contributed by atoms with van der Waals surface area (Å²) in [5.41, 5.74) is 4.77. The van der Waals surface area contributed by atoms with Crippen molar-refractivity contribution >= 4 is 16.9 Å². The predicted molar refractivity (Wildman–Crippen MR) is 156 cm³/mol. The van der Waals surface area contributed by atoms with Crippen LogP contribution in [0, 0.1) is 5.92 Å². The Morgan fingerprint density at radius 3 is 1.80 bits per heavy atom. The SMILES string of the molecule is COc1ccc(-c2nc3ccc(C(=O)N[C@H]4CCCC[C@H]4C)cc3nc2-c2ccc(OC)c(OC)c2)cc1OC. The van der Waals surface area contributed by atoms with Crippen LogP contribution < -0.4 is 24.3 Å². The number of nitrogens with zero attached hydrogens (tertiary/aromatic N) is 2. The van der Waals surface area contributed by atoms with Gasteiger partial charge in [0.15, 0.2) is 23.0 Å². The van der Waals surface area contributed by atoms with Crippen LogP contribution in [0.25, 0.3) is 33.5 Å². The fourth-order valence-electron chi connectivity index (χ4n) is 5.35. The second-order valence-electron chi connectivity index (χ2n) is 10.1. The number of rotatable bonds is 8. The summed E-state index contributed by atoms with van der Waals surface area (Å²) in [6.07, 6.45) is 4.52. The van der Waals surface area contributed by atoms with Gasteiger partial charge in [-0.05, 0) is 73.4 Å². The number of methoxy groups -OCH3 is 4. The maximum Gasteiger partial charge on any atom is 0.251 e. The Hall–Kier alpha value is -4.33. The van der Waals surface area contributed by atoms with Gasteiger partial charge in [0.1, 0.15) is 0 Å². The molecule has 0 unspecified atom stereocenters. The quantitative estimate of drug-likeness (QED) is 0.280. The van der Waals surface area contributed by atoms with Gasteiger partial charge in [-0.3, -0.25) is 4.79 Å². The molecule has 3 aromatic carbocycles. The van der Waals surface area contributed by atoms with E-state index in [0.717, 1.165) is 30.4 Å². The molecule has 208 valence electrons. The Bertz CT molecular complexity index is 1540. The van der Waals surface area contributed by atoms with Crippen molar-refractivity contribution in [1.29, 1.82) is 0 Å². The van der Waals surface area contributed by atoms with Gasteiger partial charge in [-0.15, -0.1) is 0 Å². The van der Waals surface area contributed by atoms with Crippen molar-refractivity contribution in [3.63, 3.8) is 0 Å². The summed E-state index contributed by atoms with van der Waals surface area (Å²) in [6, 6.07) is 17.0. The van der Waals surface area contributed by atoms with Crippen LogP contribution in [0.5, 0.6) is 23.0 Å². The lowest BCUT2D eigenvalue weighted by atomic mass is 9.86. The van der Waals surface area contributed by atoms with E-state index in [4.69, 9.17) is 28.9 Å². The third-order valence-corrected chi connectivity index (χ3v) is 7.67. The van der Waals surface area contributed by atoms with Crippen LogP contribution in [0.4, 0.5) is 0 Å². The Balaban J connectivity index is 1.62. The lowest BCUT2D eigenvalue weighted by Crippen LogP contribution is -2.41. The molecule has 1 aromatic heterocycles. The van der Waals surface area contributed by atoms with Crippen molar-refractivity contribution in [2.75, 3.05) is 28.4 Å². The Morgan fingerprint density at radius 2 is 1.25 bits per heavy atom. The predicted octanol–water partition coefficient (Wildman–Crippen LogP) is 6.31. The number of carbonyl (C=O) groups excluding carboxylic acids is 1. The van der Waals surface area contributed by atoms with Crippen molar-refractivity contribution in [2.45, 2.75) is 38.6 Å². The van der Waals surface area contributed by atoms with E-state index in [-0.39, 0.29) is 11.9 Å². The summed E-state index contributed by atoms with van der Waals surface area (Å²) in [5, 5.41) is 3.24. The smallest absolute Gasteiger partial charge is 0.251 e. The molecule has 1 saturated carbocycles. The van der Waals surface area contributed by atoms with Crippen molar-refractivity contribution in [3.05, 3.63) is 60.2 Å². The number of hydrogen-bond acceptors (Lipinski definition) is 7. The van der Waals surface area contributed by atoms with Crippen LogP contribution in [0.15, 0.2) is 54.6 Å². The highest BCUT2D eigenvalue weighted by atomic mass is 16.5. The first-order chi connectivity index (χ1) is 19.4. The second kappa shape index (κ2) is 11.8. The molecular weight excluding hydrogens is 506 g/mol. The molecule has 8 nitrogen and oxygen atoms in total. The number of ether oxygens (including phenoxy) is 4. The van der Waals surface area contributed by atoms with Crippen molar-refractivity contribution in [3.8, 4) is 45.5 Å². The lowest BCUT2D eigenvalue weighted by Gasteiger charge is -2.29. The Labute approximate surface area is 234 Å². The number of aromatic nitrogens is 2. The molecule has 5 rings (SSSR count). The molecule has 0 aliphatic heterocycles. The van der Waals surface area contributed by atoms with Gasteiger partial charge in [0.25, 0.3) is 5.91 Å². The van der Waals surface area contributed by atoms with Crippen molar-refractivity contribution in [1.82, 2.24) is 15.3 Å². The van der Waals surface area contributed by atoms with Gasteiger partial charge in [0, 0.05) is 22.7 Å². The molecule has 1 amide bonds. The fourth-order valence-corrected chi connectivity index (χ4v) is 5.35. The minimum atomic E-state index is -0.0842. The molecule has 8 heteroatoms. The molecule has 1 aliphatic rings. The van der Waals surface area contributed by atoms with Gasteiger partial charge in [0.05, 0.1) is 50.9 Å². The molecule has 40 heavy (non-hydrogen) atoms. The number of fused-ring (bicyclic) bond motifs is 1. The van der Waals surface area contributed by atoms with E-state index < -0.39 is 0 Å². The monoisotopic (exact) mass is 541 g/mol. The van der Waals surface area contributed by atoms with Gasteiger partial charge >= 0.3 is 0 Å². The zero-order valence-electron chi connectivity index (χ0n) is 23.6. The number of benzene rings is 3. The molecule has 1 N–H and O–H groups in total. The first-order valence-corrected chi connectivity index (χ1v) is 13.5. The van der Waals surface area contributed by atoms with E-state index in [1.165, 1.54) is 6.42 Å². The number of carbonyl (C=O) groups is 1. The summed E-state index contributed by atoms with van der Waals surface area (Å²) in [7, 11) is 6.40.